The first-order chi connectivity index (χ1) is 11.5. The van der Waals surface area contributed by atoms with Crippen LogP contribution < -0.4 is 4.90 Å². The van der Waals surface area contributed by atoms with Gasteiger partial charge in [0.1, 0.15) is 0 Å². The number of rotatable bonds is 4. The summed E-state index contributed by atoms with van der Waals surface area (Å²) in [7, 11) is 0. The fraction of sp³-hybridized carbons (Fsp3) is 0.300. The third-order valence-corrected chi connectivity index (χ3v) is 5.39. The molecule has 126 valence electrons. The number of benzene rings is 2. The lowest BCUT2D eigenvalue weighted by Gasteiger charge is -2.32. The maximum atomic E-state index is 11.5. The van der Waals surface area contributed by atoms with Crippen molar-refractivity contribution in [3.05, 3.63) is 66.2 Å². The lowest BCUT2D eigenvalue weighted by molar-refractivity contribution is 0.493. The Labute approximate surface area is 146 Å². The monoisotopic (exact) mass is 341 g/mol. The zero-order chi connectivity index (χ0) is 17.3. The van der Waals surface area contributed by atoms with Crippen LogP contribution in [0.15, 0.2) is 65.6 Å². The quantitative estimate of drug-likeness (QED) is 0.626. The second kappa shape index (κ2) is 6.54. The Morgan fingerprint density at radius 1 is 1.21 bits per heavy atom. The Balaban J connectivity index is 2.20. The van der Waals surface area contributed by atoms with Gasteiger partial charge in [0.2, 0.25) is 0 Å². The molecule has 2 aromatic carbocycles. The molecule has 1 heterocycles. The summed E-state index contributed by atoms with van der Waals surface area (Å²) in [6, 6.07) is 16.1. The van der Waals surface area contributed by atoms with Gasteiger partial charge in [-0.1, -0.05) is 51.1 Å². The third-order valence-electron chi connectivity index (χ3n) is 4.73. The molecule has 0 radical (unpaired) electrons. The van der Waals surface area contributed by atoms with Crippen molar-refractivity contribution in [2.24, 2.45) is 0 Å². The lowest BCUT2D eigenvalue weighted by atomic mass is 9.80. The highest BCUT2D eigenvalue weighted by molar-refractivity contribution is 7.79. The van der Waals surface area contributed by atoms with Crippen molar-refractivity contribution in [1.82, 2.24) is 0 Å². The largest absolute Gasteiger partial charge is 0.333 e. The Hall–Kier alpha value is -1.91. The number of hydrogen-bond acceptors (Lipinski definition) is 2. The maximum Gasteiger partial charge on any atom is 0.186 e. The van der Waals surface area contributed by atoms with E-state index in [4.69, 9.17) is 0 Å². The molecule has 24 heavy (non-hydrogen) atoms. The molecule has 1 aliphatic heterocycles. The molecule has 0 aromatic heterocycles. The van der Waals surface area contributed by atoms with E-state index in [9.17, 15) is 8.76 Å². The maximum absolute atomic E-state index is 11.5. The molecule has 0 bridgehead atoms. The summed E-state index contributed by atoms with van der Waals surface area (Å²) in [6.45, 7) is 6.53. The molecule has 3 rings (SSSR count). The summed E-state index contributed by atoms with van der Waals surface area (Å²) in [5.41, 5.74) is 3.18. The van der Waals surface area contributed by atoms with Crippen molar-refractivity contribution in [3.63, 3.8) is 0 Å². The molecule has 0 fully saturated rings. The third kappa shape index (κ3) is 2.80. The number of hydrogen-bond donors (Lipinski definition) is 1. The van der Waals surface area contributed by atoms with Crippen LogP contribution in [-0.4, -0.2) is 14.8 Å². The minimum atomic E-state index is -1.96. The van der Waals surface area contributed by atoms with E-state index in [0.29, 0.717) is 4.90 Å². The Bertz CT molecular complexity index is 783. The number of anilines is 2. The second-order valence-corrected chi connectivity index (χ2v) is 7.61. The van der Waals surface area contributed by atoms with Crippen molar-refractivity contribution in [3.8, 4) is 0 Å². The smallest absolute Gasteiger partial charge is 0.186 e. The zero-order valence-corrected chi connectivity index (χ0v) is 15.1. The van der Waals surface area contributed by atoms with E-state index in [1.807, 2.05) is 30.3 Å². The highest BCUT2D eigenvalue weighted by Gasteiger charge is 2.44. The Morgan fingerprint density at radius 3 is 2.54 bits per heavy atom. The van der Waals surface area contributed by atoms with E-state index >= 15 is 0 Å². The summed E-state index contributed by atoms with van der Waals surface area (Å²) in [5.74, 6) is 0. The molecule has 0 amide bonds. The van der Waals surface area contributed by atoms with Crippen LogP contribution in [0.2, 0.25) is 0 Å². The van der Waals surface area contributed by atoms with Gasteiger partial charge in [0.25, 0.3) is 0 Å². The standard InChI is InChI=1S/C20H23NO2S/c1-4-5-11-19-20(2,3)17-14-16(24(22)23)12-13-18(17)21(19)15-9-7-6-8-10-15/h5-14,19H,4H2,1-3H3,(H,22,23)/b11-5+. The van der Waals surface area contributed by atoms with Crippen LogP contribution >= 0.6 is 0 Å². The predicted molar refractivity (Wildman–Crippen MR) is 100 cm³/mol. The van der Waals surface area contributed by atoms with E-state index in [2.05, 4.69) is 50.0 Å². The van der Waals surface area contributed by atoms with Gasteiger partial charge >= 0.3 is 0 Å². The van der Waals surface area contributed by atoms with Gasteiger partial charge in [0.05, 0.1) is 10.9 Å². The molecule has 2 unspecified atom stereocenters. The molecule has 2 atom stereocenters. The molecule has 3 nitrogen and oxygen atoms in total. The zero-order valence-electron chi connectivity index (χ0n) is 14.3. The number of allylic oxidation sites excluding steroid dienone is 1. The highest BCUT2D eigenvalue weighted by atomic mass is 32.2. The second-order valence-electron chi connectivity index (χ2n) is 6.64. The van der Waals surface area contributed by atoms with Crippen molar-refractivity contribution >= 4 is 22.5 Å². The SMILES string of the molecule is CC/C=C/C1N(c2ccccc2)c2ccc(S(=O)O)cc2C1(C)C. The summed E-state index contributed by atoms with van der Waals surface area (Å²) in [5, 5.41) is 0. The van der Waals surface area contributed by atoms with Gasteiger partial charge in [0, 0.05) is 16.8 Å². The molecule has 1 aliphatic rings. The van der Waals surface area contributed by atoms with Crippen LogP contribution in [0, 0.1) is 0 Å². The van der Waals surface area contributed by atoms with Gasteiger partial charge < -0.3 is 9.45 Å². The molecular weight excluding hydrogens is 318 g/mol. The average Bonchev–Trinajstić information content (AvgIpc) is 2.80. The van der Waals surface area contributed by atoms with E-state index in [1.54, 1.807) is 6.07 Å². The van der Waals surface area contributed by atoms with E-state index in [0.717, 1.165) is 23.4 Å². The topological polar surface area (TPSA) is 40.5 Å². The van der Waals surface area contributed by atoms with Crippen LogP contribution in [-0.2, 0) is 16.5 Å². The van der Waals surface area contributed by atoms with Crippen LogP contribution in [0.5, 0.6) is 0 Å². The first-order valence-electron chi connectivity index (χ1n) is 8.23. The minimum Gasteiger partial charge on any atom is -0.333 e. The highest BCUT2D eigenvalue weighted by Crippen LogP contribution is 2.49. The molecule has 2 aromatic rings. The first-order valence-corrected chi connectivity index (χ1v) is 9.33. The minimum absolute atomic E-state index is 0.160. The van der Waals surface area contributed by atoms with Gasteiger partial charge in [-0.15, -0.1) is 0 Å². The fourth-order valence-corrected chi connectivity index (χ4v) is 3.86. The van der Waals surface area contributed by atoms with Crippen molar-refractivity contribution in [2.45, 2.75) is 43.5 Å². The van der Waals surface area contributed by atoms with Gasteiger partial charge in [-0.25, -0.2) is 4.21 Å². The molecule has 0 saturated carbocycles. The van der Waals surface area contributed by atoms with Crippen LogP contribution in [0.1, 0.15) is 32.8 Å². The first kappa shape index (κ1) is 16.9. The van der Waals surface area contributed by atoms with Crippen molar-refractivity contribution < 1.29 is 8.76 Å². The normalized spacial score (nSPS) is 20.3. The van der Waals surface area contributed by atoms with Crippen molar-refractivity contribution in [2.75, 3.05) is 4.90 Å². The Morgan fingerprint density at radius 2 is 1.92 bits per heavy atom. The van der Waals surface area contributed by atoms with Crippen LogP contribution in [0.3, 0.4) is 0 Å². The van der Waals surface area contributed by atoms with Crippen molar-refractivity contribution in [1.29, 1.82) is 0 Å². The molecule has 1 N–H and O–H groups in total. The number of nitrogens with zero attached hydrogens (tertiary/aromatic N) is 1. The number of para-hydroxylation sites is 1. The molecular formula is C20H23NO2S. The lowest BCUT2D eigenvalue weighted by Crippen LogP contribution is -2.37. The summed E-state index contributed by atoms with van der Waals surface area (Å²) in [4.78, 5) is 2.78. The van der Waals surface area contributed by atoms with Gasteiger partial charge in [-0.2, -0.15) is 0 Å². The number of fused-ring (bicyclic) bond motifs is 1. The van der Waals surface area contributed by atoms with E-state index in [1.165, 1.54) is 0 Å². The van der Waals surface area contributed by atoms with E-state index in [-0.39, 0.29) is 11.5 Å². The fourth-order valence-electron chi connectivity index (χ4n) is 3.46. The Kier molecular flexibility index (Phi) is 4.61. The average molecular weight is 341 g/mol. The van der Waals surface area contributed by atoms with E-state index < -0.39 is 11.1 Å². The summed E-state index contributed by atoms with van der Waals surface area (Å²) >= 11 is -1.96. The summed E-state index contributed by atoms with van der Waals surface area (Å²) < 4.78 is 21.0. The van der Waals surface area contributed by atoms with Gasteiger partial charge in [0.15, 0.2) is 11.1 Å². The molecule has 4 heteroatoms. The van der Waals surface area contributed by atoms with Gasteiger partial charge in [-0.05, 0) is 42.3 Å². The van der Waals surface area contributed by atoms with Crippen LogP contribution in [0.4, 0.5) is 11.4 Å². The molecule has 0 spiro atoms. The predicted octanol–water partition coefficient (Wildman–Crippen LogP) is 5.03. The van der Waals surface area contributed by atoms with Crippen LogP contribution in [0.25, 0.3) is 0 Å². The summed E-state index contributed by atoms with van der Waals surface area (Å²) in [6.07, 6.45) is 5.43. The molecule has 0 saturated heterocycles. The van der Waals surface area contributed by atoms with Gasteiger partial charge in [-0.3, -0.25) is 0 Å². The molecule has 0 aliphatic carbocycles.